The minimum absolute atomic E-state index is 0.200. The maximum absolute atomic E-state index is 2.42. The topological polar surface area (TPSA) is 0 Å². The normalized spacial score (nSPS) is 11.2. The standard InChI is InChI=1S/3C19H16.C19H32.2C15H24.3C13H12/c1-15-18(16-9-4-2-5-10-16)13-8-14-19(15)17-11-6-3-7-12-17;1-15-12-18(16-8-4-2-5-9-16)14-19(13-15)17-10-6-3-7-11-17;1-15-12-13-18(16-8-4-2-5-9-16)14-19(15)17-10-6-3-7-11-17;1-13-15(18(5,6)7)11-14(17(2,3)4)12-16(13)19(8,9)10;1-11-8-12(14(2,3)4)10-13(9-11)15(5,6)7;1-11-8-9-12(14(2,3)4)10-13(11)15(5,6)7;1-11-7-5-6-10-13(11)12-8-3-2-4-9-12;1-11-6-5-9-13(10-11)12-7-3-2-4-8-12;1-11-7-9-13(10-8-11)12-5-3-2-4-6-12/h3*2-14H,1H3;11-12H,1-10H3;2*8-10H,1-7H3;3*2-10H,1H3. The fraction of sp³-hybridized carbons (Fsp3) is 0.255. The first kappa shape index (κ1) is 113. The molecule has 0 heterocycles. The van der Waals surface area contributed by atoms with Crippen LogP contribution in [0.4, 0.5) is 0 Å². The van der Waals surface area contributed by atoms with Crippen molar-refractivity contribution in [2.24, 2.45) is 0 Å². The van der Waals surface area contributed by atoms with Gasteiger partial charge in [0.05, 0.1) is 0 Å². The first-order valence-electron chi connectivity index (χ1n) is 52.0. The molecule has 0 saturated heterocycles. The summed E-state index contributed by atoms with van der Waals surface area (Å²) in [6.45, 7) is 67.6. The molecule has 0 atom stereocenters. The largest absolute Gasteiger partial charge is 0.0622 e. The van der Waals surface area contributed by atoms with Crippen LogP contribution in [0.25, 0.3) is 100 Å². The summed E-state index contributed by atoms with van der Waals surface area (Å²) in [4.78, 5) is 0. The van der Waals surface area contributed by atoms with Gasteiger partial charge in [-0.15, -0.1) is 0 Å². The van der Waals surface area contributed by atoms with Crippen molar-refractivity contribution in [3.05, 3.63) is 538 Å². The molecule has 0 aliphatic carbocycles. The Labute approximate surface area is 877 Å². The van der Waals surface area contributed by atoms with Crippen molar-refractivity contribution in [1.29, 1.82) is 0 Å². The second kappa shape index (κ2) is 52.0. The van der Waals surface area contributed by atoms with E-state index < -0.39 is 0 Å². The van der Waals surface area contributed by atoms with Gasteiger partial charge in [0.1, 0.15) is 0 Å². The van der Waals surface area contributed by atoms with Gasteiger partial charge in [0.25, 0.3) is 0 Å². The quantitative estimate of drug-likeness (QED) is 0.135. The molecule has 18 aromatic carbocycles. The second-order valence-corrected chi connectivity index (χ2v) is 46.0. The Balaban J connectivity index is 0.000000168. The SMILES string of the molecule is Cc1c(-c2ccccc2)cccc1-c1ccccc1.Cc1c(C(C)(C)C)cc(C(C)(C)C)cc1C(C)(C)C.Cc1cc(-c2ccccc2)cc(-c2ccccc2)c1.Cc1cc(C(C)(C)C)cc(C(C)(C)C)c1.Cc1ccc(-c2ccccc2)cc1.Cc1ccc(-c2ccccc2)cc1-c1ccccc1.Cc1ccc(C(C)(C)C)cc1C(C)(C)C.Cc1cccc(-c2ccccc2)c1.Cc1ccccc1-c1ccccc1. The van der Waals surface area contributed by atoms with Gasteiger partial charge in [-0.05, 0) is 285 Å². The molecule has 18 rings (SSSR count). The monoisotopic (exact) mass is 1910 g/mol. The van der Waals surface area contributed by atoms with Crippen LogP contribution in [0.2, 0.25) is 0 Å². The maximum atomic E-state index is 2.42. The molecular formula is C145H164. The van der Waals surface area contributed by atoms with Crippen molar-refractivity contribution in [2.45, 2.75) is 246 Å². The van der Waals surface area contributed by atoms with Gasteiger partial charge in [-0.25, -0.2) is 0 Å². The molecule has 0 N–H and O–H groups in total. The fourth-order valence-electron chi connectivity index (χ4n) is 17.8. The minimum Gasteiger partial charge on any atom is -0.0622 e. The van der Waals surface area contributed by atoms with Crippen molar-refractivity contribution < 1.29 is 0 Å². The maximum Gasteiger partial charge on any atom is -0.0129 e. The van der Waals surface area contributed by atoms with Crippen LogP contribution in [0.5, 0.6) is 0 Å². The van der Waals surface area contributed by atoms with E-state index in [1.165, 1.54) is 189 Å². The lowest BCUT2D eigenvalue weighted by Gasteiger charge is -2.32. The third-order valence-corrected chi connectivity index (χ3v) is 26.3. The molecule has 0 heteroatoms. The first-order valence-corrected chi connectivity index (χ1v) is 52.0. The number of benzene rings is 18. The lowest BCUT2D eigenvalue weighted by Crippen LogP contribution is -2.23. The number of rotatable bonds is 9. The lowest BCUT2D eigenvalue weighted by molar-refractivity contribution is 0.542. The summed E-state index contributed by atoms with van der Waals surface area (Å²) >= 11 is 0. The summed E-state index contributed by atoms with van der Waals surface area (Å²) in [7, 11) is 0. The van der Waals surface area contributed by atoms with E-state index >= 15 is 0 Å². The zero-order valence-corrected chi connectivity index (χ0v) is 93.2. The third-order valence-electron chi connectivity index (χ3n) is 26.3. The Hall–Kier alpha value is -14.0. The highest BCUT2D eigenvalue weighted by Crippen LogP contribution is 2.41. The minimum atomic E-state index is 0.200. The van der Waals surface area contributed by atoms with Gasteiger partial charge in [-0.1, -0.05) is 599 Å². The summed E-state index contributed by atoms with van der Waals surface area (Å²) in [5, 5.41) is 0. The van der Waals surface area contributed by atoms with Crippen molar-refractivity contribution >= 4 is 0 Å². The van der Waals surface area contributed by atoms with E-state index in [0.29, 0.717) is 0 Å². The van der Waals surface area contributed by atoms with E-state index in [0.717, 1.165) is 0 Å². The van der Waals surface area contributed by atoms with Crippen molar-refractivity contribution in [3.63, 3.8) is 0 Å². The summed E-state index contributed by atoms with van der Waals surface area (Å²) in [5.41, 5.74) is 47.0. The van der Waals surface area contributed by atoms with E-state index in [1.54, 1.807) is 0 Å². The molecule has 0 aliphatic rings. The van der Waals surface area contributed by atoms with Crippen LogP contribution in [-0.4, -0.2) is 0 Å². The predicted octanol–water partition coefficient (Wildman–Crippen LogP) is 42.0. The summed E-state index contributed by atoms with van der Waals surface area (Å²) in [6.07, 6.45) is 0. The fourth-order valence-corrected chi connectivity index (χ4v) is 17.8. The molecule has 0 saturated carbocycles. The van der Waals surface area contributed by atoms with Gasteiger partial charge in [-0.3, -0.25) is 0 Å². The molecule has 18 aromatic rings. The molecule has 145 heavy (non-hydrogen) atoms. The van der Waals surface area contributed by atoms with E-state index in [1.807, 2.05) is 18.2 Å². The van der Waals surface area contributed by atoms with Crippen LogP contribution in [-0.2, 0) is 37.9 Å². The Morgan fingerprint density at radius 3 is 0.731 bits per heavy atom. The van der Waals surface area contributed by atoms with E-state index in [2.05, 4.69) is 638 Å². The highest BCUT2D eigenvalue weighted by molar-refractivity contribution is 5.80. The molecule has 0 bridgehead atoms. The van der Waals surface area contributed by atoms with Gasteiger partial charge in [0.15, 0.2) is 0 Å². The van der Waals surface area contributed by atoms with Crippen molar-refractivity contribution in [3.8, 4) is 100 Å². The van der Waals surface area contributed by atoms with Gasteiger partial charge >= 0.3 is 0 Å². The van der Waals surface area contributed by atoms with Gasteiger partial charge in [-0.2, -0.15) is 0 Å². The van der Waals surface area contributed by atoms with E-state index in [-0.39, 0.29) is 37.9 Å². The molecule has 0 radical (unpaired) electrons. The van der Waals surface area contributed by atoms with Gasteiger partial charge in [0, 0.05) is 0 Å². The third kappa shape index (κ3) is 34.9. The number of aryl methyl sites for hydroxylation is 7. The predicted molar refractivity (Wildman–Crippen MR) is 640 cm³/mol. The average Bonchev–Trinajstić information content (AvgIpc) is 0.766. The van der Waals surface area contributed by atoms with Crippen LogP contribution < -0.4 is 0 Å². The van der Waals surface area contributed by atoms with Crippen LogP contribution in [0.1, 0.15) is 234 Å². The van der Waals surface area contributed by atoms with Crippen molar-refractivity contribution in [1.82, 2.24) is 0 Å². The average molecular weight is 1910 g/mol. The first-order chi connectivity index (χ1) is 68.6. The number of hydrogen-bond acceptors (Lipinski definition) is 0. The van der Waals surface area contributed by atoms with Crippen LogP contribution >= 0.6 is 0 Å². The molecule has 744 valence electrons. The Morgan fingerprint density at radius 1 is 0.117 bits per heavy atom. The highest BCUT2D eigenvalue weighted by Gasteiger charge is 2.28. The zero-order chi connectivity index (χ0) is 105. The van der Waals surface area contributed by atoms with Gasteiger partial charge < -0.3 is 0 Å². The smallest absolute Gasteiger partial charge is 0.0129 e. The van der Waals surface area contributed by atoms with Crippen LogP contribution in [0.15, 0.2) is 449 Å². The molecule has 0 unspecified atom stereocenters. The summed E-state index contributed by atoms with van der Waals surface area (Å²) in [5.74, 6) is 0. The van der Waals surface area contributed by atoms with Crippen LogP contribution in [0.3, 0.4) is 0 Å². The lowest BCUT2D eigenvalue weighted by atomic mass is 9.73. The molecule has 0 aromatic heterocycles. The Bertz CT molecular complexity index is 6740. The molecular weight excluding hydrogens is 1740 g/mol. The molecule has 0 spiro atoms. The number of hydrogen-bond donors (Lipinski definition) is 0. The molecule has 0 aliphatic heterocycles. The molecule has 0 amide bonds. The molecule has 0 nitrogen and oxygen atoms in total. The van der Waals surface area contributed by atoms with Crippen molar-refractivity contribution in [2.75, 3.05) is 0 Å². The zero-order valence-electron chi connectivity index (χ0n) is 93.2. The van der Waals surface area contributed by atoms with Crippen LogP contribution in [0, 0.1) is 62.3 Å². The summed E-state index contributed by atoms with van der Waals surface area (Å²) in [6, 6.07) is 159. The Morgan fingerprint density at radius 2 is 0.372 bits per heavy atom. The highest BCUT2D eigenvalue weighted by atomic mass is 14.3. The van der Waals surface area contributed by atoms with E-state index in [9.17, 15) is 0 Å². The Kier molecular flexibility index (Phi) is 40.5. The van der Waals surface area contributed by atoms with Gasteiger partial charge in [0.2, 0.25) is 0 Å². The van der Waals surface area contributed by atoms with E-state index in [4.69, 9.17) is 0 Å². The second-order valence-electron chi connectivity index (χ2n) is 46.0. The molecule has 0 fully saturated rings. The summed E-state index contributed by atoms with van der Waals surface area (Å²) < 4.78 is 0.